The number of thiophene rings is 1. The quantitative estimate of drug-likeness (QED) is 0.207. The number of nitriles is 1. The molecule has 41 heavy (non-hydrogen) atoms. The van der Waals surface area contributed by atoms with Gasteiger partial charge in [-0.25, -0.2) is 14.6 Å². The van der Waals surface area contributed by atoms with Gasteiger partial charge in [0.15, 0.2) is 0 Å². The Hall–Kier alpha value is -5.40. The third kappa shape index (κ3) is 4.79. The van der Waals surface area contributed by atoms with E-state index in [0.717, 1.165) is 11.1 Å². The Labute approximate surface area is 239 Å². The topological polar surface area (TPSA) is 114 Å². The molecule has 0 saturated heterocycles. The number of carbonyl (C=O) groups excluding carboxylic acids is 2. The van der Waals surface area contributed by atoms with Crippen molar-refractivity contribution in [2.75, 3.05) is 17.3 Å². The van der Waals surface area contributed by atoms with Crippen molar-refractivity contribution in [2.24, 2.45) is 0 Å². The molecule has 0 spiro atoms. The van der Waals surface area contributed by atoms with Crippen molar-refractivity contribution in [3.05, 3.63) is 101 Å². The Kier molecular flexibility index (Phi) is 6.71. The Morgan fingerprint density at radius 2 is 1.88 bits per heavy atom. The molecule has 3 heterocycles. The minimum absolute atomic E-state index is 0.278. The van der Waals surface area contributed by atoms with E-state index in [9.17, 15) is 14.9 Å². The van der Waals surface area contributed by atoms with Crippen molar-refractivity contribution in [3.63, 3.8) is 0 Å². The van der Waals surface area contributed by atoms with E-state index in [1.54, 1.807) is 41.4 Å². The second-order valence-electron chi connectivity index (χ2n) is 9.17. The molecule has 0 aliphatic carbocycles. The maximum atomic E-state index is 13.3. The zero-order chi connectivity index (χ0) is 28.5. The van der Waals surface area contributed by atoms with Crippen LogP contribution < -0.4 is 19.7 Å². The average molecular weight is 563 g/mol. The molecule has 10 heteroatoms. The molecule has 2 aromatic heterocycles. The van der Waals surface area contributed by atoms with Crippen LogP contribution in [0.15, 0.2) is 79.0 Å². The molecule has 0 fully saturated rings. The van der Waals surface area contributed by atoms with E-state index in [1.165, 1.54) is 18.4 Å². The monoisotopic (exact) mass is 562 g/mol. The number of aryl methyl sites for hydroxylation is 1. The molecule has 1 aliphatic heterocycles. The summed E-state index contributed by atoms with van der Waals surface area (Å²) in [6.07, 6.45) is 1.62. The number of urea groups is 1. The van der Waals surface area contributed by atoms with Gasteiger partial charge in [-0.2, -0.15) is 5.26 Å². The van der Waals surface area contributed by atoms with Gasteiger partial charge in [-0.15, -0.1) is 11.3 Å². The highest BCUT2D eigenvalue weighted by Crippen LogP contribution is 2.46. The van der Waals surface area contributed by atoms with Crippen LogP contribution in [-0.2, 0) is 11.3 Å². The van der Waals surface area contributed by atoms with E-state index in [2.05, 4.69) is 16.4 Å². The lowest BCUT2D eigenvalue weighted by Crippen LogP contribution is -2.34. The Morgan fingerprint density at radius 1 is 1.05 bits per heavy atom. The first-order valence-electron chi connectivity index (χ1n) is 12.6. The van der Waals surface area contributed by atoms with E-state index in [-0.39, 0.29) is 6.61 Å². The predicted molar refractivity (Wildman–Crippen MR) is 155 cm³/mol. The standard InChI is InChI=1S/C31H22N4O5S/c1-18-14-22(40-21-8-5-6-19(15-21)17-39-25-9-4-3-7-20(25)16-32)10-11-23(18)35-24-12-13-33-29-26(24)27(34-31(35)37)28(41-29)30(36)38-2/h3-15H,17H2,1-2H3,(H,34,37). The summed E-state index contributed by atoms with van der Waals surface area (Å²) in [5.74, 6) is 1.22. The Morgan fingerprint density at radius 3 is 2.68 bits per heavy atom. The van der Waals surface area contributed by atoms with Crippen molar-refractivity contribution in [3.8, 4) is 23.3 Å². The van der Waals surface area contributed by atoms with E-state index >= 15 is 0 Å². The second-order valence-corrected chi connectivity index (χ2v) is 10.2. The van der Waals surface area contributed by atoms with Gasteiger partial charge in [0, 0.05) is 6.20 Å². The molecular weight excluding hydrogens is 540 g/mol. The third-order valence-electron chi connectivity index (χ3n) is 6.56. The van der Waals surface area contributed by atoms with E-state index < -0.39 is 12.0 Å². The van der Waals surface area contributed by atoms with E-state index in [1.807, 2.05) is 49.4 Å². The fourth-order valence-corrected chi connectivity index (χ4v) is 5.72. The fourth-order valence-electron chi connectivity index (χ4n) is 4.68. The number of pyridine rings is 1. The maximum absolute atomic E-state index is 13.3. The smallest absolute Gasteiger partial charge is 0.350 e. The molecule has 0 atom stereocenters. The van der Waals surface area contributed by atoms with Crippen molar-refractivity contribution in [2.45, 2.75) is 13.5 Å². The normalized spacial score (nSPS) is 12.0. The molecule has 202 valence electrons. The van der Waals surface area contributed by atoms with Crippen LogP contribution in [-0.4, -0.2) is 24.1 Å². The van der Waals surface area contributed by atoms with Crippen LogP contribution in [0.5, 0.6) is 17.2 Å². The number of nitrogens with one attached hydrogen (secondary N) is 1. The summed E-state index contributed by atoms with van der Waals surface area (Å²) in [4.78, 5) is 32.5. The summed E-state index contributed by atoms with van der Waals surface area (Å²) in [5.41, 5.74) is 3.87. The highest BCUT2D eigenvalue weighted by molar-refractivity contribution is 7.21. The zero-order valence-electron chi connectivity index (χ0n) is 22.0. The van der Waals surface area contributed by atoms with Crippen molar-refractivity contribution in [1.82, 2.24) is 4.98 Å². The first-order valence-corrected chi connectivity index (χ1v) is 13.4. The largest absolute Gasteiger partial charge is 0.488 e. The minimum Gasteiger partial charge on any atom is -0.488 e. The van der Waals surface area contributed by atoms with Crippen LogP contribution in [0.2, 0.25) is 0 Å². The first kappa shape index (κ1) is 25.9. The number of carbonyl (C=O) groups is 2. The highest BCUT2D eigenvalue weighted by atomic mass is 32.1. The van der Waals surface area contributed by atoms with Crippen LogP contribution in [0.25, 0.3) is 10.2 Å². The Balaban J connectivity index is 1.24. The van der Waals surface area contributed by atoms with Gasteiger partial charge in [-0.1, -0.05) is 24.3 Å². The minimum atomic E-state index is -0.525. The molecule has 1 N–H and O–H groups in total. The number of hydrogen-bond acceptors (Lipinski definition) is 8. The molecule has 0 unspecified atom stereocenters. The number of aromatic nitrogens is 1. The summed E-state index contributed by atoms with van der Waals surface area (Å²) < 4.78 is 16.9. The summed E-state index contributed by atoms with van der Waals surface area (Å²) in [6, 6.07) is 23.6. The number of nitrogens with zero attached hydrogens (tertiary/aromatic N) is 3. The van der Waals surface area contributed by atoms with Gasteiger partial charge in [0.25, 0.3) is 0 Å². The lowest BCUT2D eigenvalue weighted by molar-refractivity contribution is 0.0607. The van der Waals surface area contributed by atoms with Gasteiger partial charge < -0.3 is 19.5 Å². The molecule has 0 bridgehead atoms. The van der Waals surface area contributed by atoms with Gasteiger partial charge >= 0.3 is 12.0 Å². The number of ether oxygens (including phenoxy) is 3. The number of esters is 1. The summed E-state index contributed by atoms with van der Waals surface area (Å²) in [6.45, 7) is 2.17. The number of anilines is 3. The lowest BCUT2D eigenvalue weighted by atomic mass is 10.1. The van der Waals surface area contributed by atoms with Crippen molar-refractivity contribution in [1.29, 1.82) is 5.26 Å². The summed E-state index contributed by atoms with van der Waals surface area (Å²) in [5, 5.41) is 12.8. The fraction of sp³-hybridized carbons (Fsp3) is 0.0968. The SMILES string of the molecule is COC(=O)c1sc2nccc3c2c1NC(=O)N3c1ccc(Oc2cccc(COc3ccccc3C#N)c2)cc1C. The number of methoxy groups -OCH3 is 1. The number of para-hydroxylation sites is 1. The van der Waals surface area contributed by atoms with E-state index in [0.29, 0.717) is 55.0 Å². The number of amides is 2. The summed E-state index contributed by atoms with van der Waals surface area (Å²) >= 11 is 1.18. The molecular formula is C31H22N4O5S. The van der Waals surface area contributed by atoms with Gasteiger partial charge in [-0.05, 0) is 66.6 Å². The van der Waals surface area contributed by atoms with Crippen LogP contribution >= 0.6 is 11.3 Å². The molecule has 1 aliphatic rings. The molecule has 9 nitrogen and oxygen atoms in total. The van der Waals surface area contributed by atoms with E-state index in [4.69, 9.17) is 14.2 Å². The molecule has 0 saturated carbocycles. The molecule has 3 aromatic carbocycles. The van der Waals surface area contributed by atoms with Crippen LogP contribution in [0.3, 0.4) is 0 Å². The van der Waals surface area contributed by atoms with Gasteiger partial charge in [0.05, 0.1) is 35.1 Å². The summed E-state index contributed by atoms with van der Waals surface area (Å²) in [7, 11) is 1.30. The molecule has 6 rings (SSSR count). The molecule has 5 aromatic rings. The Bertz CT molecular complexity index is 1880. The average Bonchev–Trinajstić information content (AvgIpc) is 3.36. The van der Waals surface area contributed by atoms with Gasteiger partial charge in [-0.3, -0.25) is 4.90 Å². The highest BCUT2D eigenvalue weighted by Gasteiger charge is 2.33. The van der Waals surface area contributed by atoms with Crippen molar-refractivity contribution < 1.29 is 23.8 Å². The number of rotatable bonds is 7. The second kappa shape index (κ2) is 10.6. The van der Waals surface area contributed by atoms with Gasteiger partial charge in [0.2, 0.25) is 0 Å². The lowest BCUT2D eigenvalue weighted by Gasteiger charge is -2.29. The number of hydrogen-bond donors (Lipinski definition) is 1. The van der Waals surface area contributed by atoms with Crippen LogP contribution in [0, 0.1) is 18.3 Å². The van der Waals surface area contributed by atoms with Crippen LogP contribution in [0.1, 0.15) is 26.4 Å². The van der Waals surface area contributed by atoms with Crippen molar-refractivity contribution >= 4 is 50.6 Å². The molecule has 2 amide bonds. The molecule has 0 radical (unpaired) electrons. The van der Waals surface area contributed by atoms with Gasteiger partial charge in [0.1, 0.15) is 39.6 Å². The maximum Gasteiger partial charge on any atom is 0.350 e. The number of benzene rings is 3. The first-order chi connectivity index (χ1) is 20.0. The zero-order valence-corrected chi connectivity index (χ0v) is 22.8. The predicted octanol–water partition coefficient (Wildman–Crippen LogP) is 7.32. The third-order valence-corrected chi connectivity index (χ3v) is 7.64. The van der Waals surface area contributed by atoms with Crippen LogP contribution in [0.4, 0.5) is 21.9 Å².